The fraction of sp³-hybridized carbons (Fsp3) is 0.400. The molecule has 1 fully saturated rings. The Morgan fingerprint density at radius 3 is 2.93 bits per heavy atom. The van der Waals surface area contributed by atoms with Crippen molar-refractivity contribution in [3.8, 4) is 0 Å². The molecule has 0 aromatic carbocycles. The second-order valence-corrected chi connectivity index (χ2v) is 4.27. The van der Waals surface area contributed by atoms with Crippen LogP contribution in [0, 0.1) is 5.92 Å². The zero-order chi connectivity index (χ0) is 11.0. The molecule has 0 radical (unpaired) electrons. The van der Waals surface area contributed by atoms with Crippen molar-refractivity contribution in [1.29, 1.82) is 0 Å². The van der Waals surface area contributed by atoms with Crippen molar-refractivity contribution in [1.82, 2.24) is 10.3 Å². The van der Waals surface area contributed by atoms with Crippen molar-refractivity contribution >= 4 is 23.3 Å². The third kappa shape index (κ3) is 2.21. The SMILES string of the molecule is CC1CC1NC(=O)c1nc(N)ccc1Cl. The van der Waals surface area contributed by atoms with Gasteiger partial charge in [0, 0.05) is 6.04 Å². The van der Waals surface area contributed by atoms with E-state index in [1.54, 1.807) is 12.1 Å². The molecule has 1 aliphatic carbocycles. The standard InChI is InChI=1S/C10H12ClN3O/c1-5-4-7(5)13-10(15)9-6(11)2-3-8(12)14-9/h2-3,5,7H,4H2,1H3,(H2,12,14)(H,13,15). The van der Waals surface area contributed by atoms with Crippen molar-refractivity contribution in [2.75, 3.05) is 5.73 Å². The molecule has 2 rings (SSSR count). The summed E-state index contributed by atoms with van der Waals surface area (Å²) in [7, 11) is 0. The van der Waals surface area contributed by atoms with Crippen molar-refractivity contribution < 1.29 is 4.79 Å². The van der Waals surface area contributed by atoms with Crippen LogP contribution in [0.3, 0.4) is 0 Å². The van der Waals surface area contributed by atoms with E-state index in [0.717, 1.165) is 6.42 Å². The predicted octanol–water partition coefficient (Wildman–Crippen LogP) is 1.46. The molecule has 0 saturated heterocycles. The van der Waals surface area contributed by atoms with Gasteiger partial charge in [-0.25, -0.2) is 4.98 Å². The first kappa shape index (κ1) is 10.2. The zero-order valence-corrected chi connectivity index (χ0v) is 9.08. The predicted molar refractivity (Wildman–Crippen MR) is 58.7 cm³/mol. The maximum Gasteiger partial charge on any atom is 0.271 e. The molecule has 80 valence electrons. The lowest BCUT2D eigenvalue weighted by molar-refractivity contribution is 0.0944. The van der Waals surface area contributed by atoms with Gasteiger partial charge in [-0.3, -0.25) is 4.79 Å². The molecule has 0 spiro atoms. The maximum absolute atomic E-state index is 11.7. The lowest BCUT2D eigenvalue weighted by Crippen LogP contribution is -2.27. The Labute approximate surface area is 92.8 Å². The van der Waals surface area contributed by atoms with E-state index in [2.05, 4.69) is 17.2 Å². The summed E-state index contributed by atoms with van der Waals surface area (Å²) in [6, 6.07) is 3.41. The van der Waals surface area contributed by atoms with Gasteiger partial charge in [-0.05, 0) is 24.5 Å². The summed E-state index contributed by atoms with van der Waals surface area (Å²) >= 11 is 5.85. The molecule has 4 nitrogen and oxygen atoms in total. The van der Waals surface area contributed by atoms with E-state index in [-0.39, 0.29) is 17.6 Å². The topological polar surface area (TPSA) is 68.0 Å². The van der Waals surface area contributed by atoms with Gasteiger partial charge in [-0.2, -0.15) is 0 Å². The van der Waals surface area contributed by atoms with E-state index in [4.69, 9.17) is 17.3 Å². The fourth-order valence-corrected chi connectivity index (χ4v) is 1.57. The minimum atomic E-state index is -0.248. The number of halogens is 1. The summed E-state index contributed by atoms with van der Waals surface area (Å²) in [5, 5.41) is 3.18. The highest BCUT2D eigenvalue weighted by molar-refractivity contribution is 6.33. The normalized spacial score (nSPS) is 23.6. The van der Waals surface area contributed by atoms with Crippen LogP contribution in [-0.2, 0) is 0 Å². The number of amides is 1. The molecule has 3 N–H and O–H groups in total. The molecule has 15 heavy (non-hydrogen) atoms. The first-order valence-corrected chi connectivity index (χ1v) is 5.18. The summed E-state index contributed by atoms with van der Waals surface area (Å²) in [6.45, 7) is 2.08. The molecule has 5 heteroatoms. The zero-order valence-electron chi connectivity index (χ0n) is 8.33. The molecular weight excluding hydrogens is 214 g/mol. The number of rotatable bonds is 2. The molecule has 2 atom stereocenters. The number of nitrogens with one attached hydrogen (secondary N) is 1. The average Bonchev–Trinajstić information content (AvgIpc) is 2.86. The largest absolute Gasteiger partial charge is 0.384 e. The Bertz CT molecular complexity index is 408. The minimum Gasteiger partial charge on any atom is -0.384 e. The van der Waals surface area contributed by atoms with Gasteiger partial charge < -0.3 is 11.1 Å². The summed E-state index contributed by atoms with van der Waals surface area (Å²) in [5.74, 6) is 0.601. The molecule has 1 aromatic rings. The molecule has 1 amide bonds. The number of hydrogen-bond donors (Lipinski definition) is 2. The third-order valence-electron chi connectivity index (χ3n) is 2.51. The Balaban J connectivity index is 2.14. The Kier molecular flexibility index (Phi) is 2.52. The van der Waals surface area contributed by atoms with Gasteiger partial charge in [0.05, 0.1) is 5.02 Å². The number of nitrogens with zero attached hydrogens (tertiary/aromatic N) is 1. The van der Waals surface area contributed by atoms with Crippen LogP contribution in [0.1, 0.15) is 23.8 Å². The minimum absolute atomic E-state index is 0.204. The molecule has 1 saturated carbocycles. The van der Waals surface area contributed by atoms with Crippen LogP contribution >= 0.6 is 11.6 Å². The summed E-state index contributed by atoms with van der Waals surface area (Å²) in [5.41, 5.74) is 5.69. The quantitative estimate of drug-likeness (QED) is 0.801. The number of aromatic nitrogens is 1. The third-order valence-corrected chi connectivity index (χ3v) is 2.81. The van der Waals surface area contributed by atoms with Crippen LogP contribution in [0.15, 0.2) is 12.1 Å². The Hall–Kier alpha value is -1.29. The Morgan fingerprint density at radius 2 is 2.33 bits per heavy atom. The van der Waals surface area contributed by atoms with E-state index in [0.29, 0.717) is 16.8 Å². The van der Waals surface area contributed by atoms with Gasteiger partial charge in [-0.1, -0.05) is 18.5 Å². The monoisotopic (exact) mass is 225 g/mol. The Morgan fingerprint density at radius 1 is 1.67 bits per heavy atom. The van der Waals surface area contributed by atoms with Gasteiger partial charge in [-0.15, -0.1) is 0 Å². The summed E-state index contributed by atoms with van der Waals surface area (Å²) < 4.78 is 0. The number of nitrogen functional groups attached to an aromatic ring is 1. The number of pyridine rings is 1. The smallest absolute Gasteiger partial charge is 0.271 e. The molecular formula is C10H12ClN3O. The van der Waals surface area contributed by atoms with E-state index in [9.17, 15) is 4.79 Å². The van der Waals surface area contributed by atoms with Crippen molar-refractivity contribution in [3.63, 3.8) is 0 Å². The summed E-state index contributed by atoms with van der Waals surface area (Å²) in [4.78, 5) is 15.6. The number of carbonyl (C=O) groups excluding carboxylic acids is 1. The molecule has 1 heterocycles. The van der Waals surface area contributed by atoms with E-state index in [1.165, 1.54) is 0 Å². The van der Waals surface area contributed by atoms with Crippen LogP contribution in [-0.4, -0.2) is 16.9 Å². The van der Waals surface area contributed by atoms with E-state index in [1.807, 2.05) is 0 Å². The maximum atomic E-state index is 11.7. The second kappa shape index (κ2) is 3.70. The van der Waals surface area contributed by atoms with Gasteiger partial charge in [0.1, 0.15) is 11.5 Å². The first-order valence-electron chi connectivity index (χ1n) is 4.81. The number of anilines is 1. The van der Waals surface area contributed by atoms with E-state index >= 15 is 0 Å². The van der Waals surface area contributed by atoms with Crippen LogP contribution in [0.5, 0.6) is 0 Å². The molecule has 1 aromatic heterocycles. The molecule has 0 bridgehead atoms. The lowest BCUT2D eigenvalue weighted by atomic mass is 10.3. The molecule has 2 unspecified atom stereocenters. The van der Waals surface area contributed by atoms with Gasteiger partial charge >= 0.3 is 0 Å². The first-order chi connectivity index (χ1) is 7.08. The van der Waals surface area contributed by atoms with Gasteiger partial charge in [0.2, 0.25) is 0 Å². The second-order valence-electron chi connectivity index (χ2n) is 3.86. The highest BCUT2D eigenvalue weighted by Crippen LogP contribution is 2.29. The van der Waals surface area contributed by atoms with Crippen molar-refractivity contribution in [2.45, 2.75) is 19.4 Å². The number of nitrogens with two attached hydrogens (primary N) is 1. The highest BCUT2D eigenvalue weighted by atomic mass is 35.5. The van der Waals surface area contributed by atoms with Crippen LogP contribution < -0.4 is 11.1 Å². The lowest BCUT2D eigenvalue weighted by Gasteiger charge is -2.05. The summed E-state index contributed by atoms with van der Waals surface area (Å²) in [6.07, 6.45) is 1.02. The fourth-order valence-electron chi connectivity index (χ4n) is 1.38. The van der Waals surface area contributed by atoms with Crippen LogP contribution in [0.2, 0.25) is 5.02 Å². The number of carbonyl (C=O) groups is 1. The van der Waals surface area contributed by atoms with Gasteiger partial charge in [0.15, 0.2) is 0 Å². The van der Waals surface area contributed by atoms with Crippen molar-refractivity contribution in [3.05, 3.63) is 22.8 Å². The van der Waals surface area contributed by atoms with E-state index < -0.39 is 0 Å². The van der Waals surface area contributed by atoms with Crippen LogP contribution in [0.25, 0.3) is 0 Å². The van der Waals surface area contributed by atoms with Crippen molar-refractivity contribution in [2.24, 2.45) is 5.92 Å². The van der Waals surface area contributed by atoms with Gasteiger partial charge in [0.25, 0.3) is 5.91 Å². The molecule has 1 aliphatic rings. The highest BCUT2D eigenvalue weighted by Gasteiger charge is 2.34. The number of hydrogen-bond acceptors (Lipinski definition) is 3. The molecule has 0 aliphatic heterocycles. The average molecular weight is 226 g/mol. The van der Waals surface area contributed by atoms with Crippen LogP contribution in [0.4, 0.5) is 5.82 Å².